The number of nitrogens with zero attached hydrogens (tertiary/aromatic N) is 1. The number of alkyl halides is 3. The molecule has 27 heavy (non-hydrogen) atoms. The first-order valence-electron chi connectivity index (χ1n) is 8.37. The monoisotopic (exact) mass is 386 g/mol. The van der Waals surface area contributed by atoms with Gasteiger partial charge < -0.3 is 19.7 Å². The number of hydrogen-bond donors (Lipinski definition) is 1. The number of rotatable bonds is 5. The van der Waals surface area contributed by atoms with Crippen molar-refractivity contribution in [3.63, 3.8) is 0 Å². The zero-order valence-electron chi connectivity index (χ0n) is 15.1. The highest BCUT2D eigenvalue weighted by Gasteiger charge is 2.35. The number of carbonyl (C=O) groups excluding carboxylic acids is 2. The van der Waals surface area contributed by atoms with Gasteiger partial charge in [-0.3, -0.25) is 0 Å². The van der Waals surface area contributed by atoms with E-state index in [1.807, 2.05) is 4.90 Å². The van der Waals surface area contributed by atoms with E-state index in [2.05, 4.69) is 14.8 Å². The Balaban J connectivity index is 2.40. The van der Waals surface area contributed by atoms with Crippen LogP contribution >= 0.6 is 0 Å². The van der Waals surface area contributed by atoms with Crippen LogP contribution < -0.4 is 10.2 Å². The molecule has 1 fully saturated rings. The quantitative estimate of drug-likeness (QED) is 0.619. The van der Waals surface area contributed by atoms with Crippen LogP contribution in [0.4, 0.5) is 24.5 Å². The standard InChI is InChI=1S/C18H21F3N2O4/c1-26-16(24)11-15(17(25)27-2)22-14-7-6-12(10-13(14)18(19,20)21)23-8-4-3-5-9-23/h6-7,10-11,22H,3-5,8-9H2,1-2H3/b15-11+. The molecule has 0 bridgehead atoms. The van der Waals surface area contributed by atoms with Gasteiger partial charge in [0.05, 0.1) is 31.5 Å². The summed E-state index contributed by atoms with van der Waals surface area (Å²) in [4.78, 5) is 25.1. The van der Waals surface area contributed by atoms with Gasteiger partial charge in [0.1, 0.15) is 5.70 Å². The molecule has 0 unspecified atom stereocenters. The van der Waals surface area contributed by atoms with E-state index in [1.165, 1.54) is 6.07 Å². The van der Waals surface area contributed by atoms with Gasteiger partial charge in [0.2, 0.25) is 0 Å². The number of esters is 2. The van der Waals surface area contributed by atoms with Gasteiger partial charge in [0, 0.05) is 18.8 Å². The molecular weight excluding hydrogens is 365 g/mol. The summed E-state index contributed by atoms with van der Waals surface area (Å²) in [7, 11) is 2.14. The Hall–Kier alpha value is -2.71. The molecule has 0 aliphatic carbocycles. The van der Waals surface area contributed by atoms with E-state index < -0.39 is 29.4 Å². The second kappa shape index (κ2) is 8.79. The van der Waals surface area contributed by atoms with E-state index in [4.69, 9.17) is 0 Å². The molecule has 9 heteroatoms. The molecule has 1 aliphatic rings. The van der Waals surface area contributed by atoms with Crippen molar-refractivity contribution in [1.82, 2.24) is 0 Å². The average Bonchev–Trinajstić information content (AvgIpc) is 2.66. The van der Waals surface area contributed by atoms with Gasteiger partial charge in [0.25, 0.3) is 0 Å². The lowest BCUT2D eigenvalue weighted by Crippen LogP contribution is -2.29. The van der Waals surface area contributed by atoms with Crippen molar-refractivity contribution in [1.29, 1.82) is 0 Å². The minimum absolute atomic E-state index is 0.358. The first-order valence-corrected chi connectivity index (χ1v) is 8.37. The number of anilines is 2. The van der Waals surface area contributed by atoms with E-state index >= 15 is 0 Å². The summed E-state index contributed by atoms with van der Waals surface area (Å²) < 4.78 is 49.6. The van der Waals surface area contributed by atoms with E-state index in [-0.39, 0.29) is 5.69 Å². The van der Waals surface area contributed by atoms with Crippen molar-refractivity contribution in [2.45, 2.75) is 25.4 Å². The Morgan fingerprint density at radius 1 is 1.11 bits per heavy atom. The fourth-order valence-electron chi connectivity index (χ4n) is 2.80. The lowest BCUT2D eigenvalue weighted by molar-refractivity contribution is -0.138. The van der Waals surface area contributed by atoms with Crippen LogP contribution in [0.1, 0.15) is 24.8 Å². The third-order valence-corrected chi connectivity index (χ3v) is 4.17. The highest BCUT2D eigenvalue weighted by atomic mass is 19.4. The fourth-order valence-corrected chi connectivity index (χ4v) is 2.80. The van der Waals surface area contributed by atoms with Crippen LogP contribution in [-0.4, -0.2) is 39.2 Å². The maximum absolute atomic E-state index is 13.6. The van der Waals surface area contributed by atoms with Gasteiger partial charge >= 0.3 is 18.1 Å². The number of methoxy groups -OCH3 is 2. The Morgan fingerprint density at radius 3 is 2.33 bits per heavy atom. The van der Waals surface area contributed by atoms with Crippen molar-refractivity contribution < 1.29 is 32.2 Å². The summed E-state index contributed by atoms with van der Waals surface area (Å²) in [5.41, 5.74) is -1.29. The zero-order valence-corrected chi connectivity index (χ0v) is 15.1. The van der Waals surface area contributed by atoms with Gasteiger partial charge in [-0.25, -0.2) is 9.59 Å². The van der Waals surface area contributed by atoms with Gasteiger partial charge in [-0.2, -0.15) is 13.2 Å². The predicted octanol–water partition coefficient (Wildman–Crippen LogP) is 3.34. The van der Waals surface area contributed by atoms with E-state index in [9.17, 15) is 22.8 Å². The second-order valence-electron chi connectivity index (χ2n) is 5.97. The van der Waals surface area contributed by atoms with Gasteiger partial charge in [0.15, 0.2) is 0 Å². The minimum atomic E-state index is -4.65. The lowest BCUT2D eigenvalue weighted by Gasteiger charge is -2.29. The van der Waals surface area contributed by atoms with Gasteiger partial charge in [-0.15, -0.1) is 0 Å². The molecule has 0 amide bonds. The average molecular weight is 386 g/mol. The number of halogens is 3. The Kier molecular flexibility index (Phi) is 6.70. The molecule has 1 saturated heterocycles. The molecule has 0 radical (unpaired) electrons. The number of nitrogens with one attached hydrogen (secondary N) is 1. The number of ether oxygens (including phenoxy) is 2. The Bertz CT molecular complexity index is 726. The minimum Gasteiger partial charge on any atom is -0.466 e. The third kappa shape index (κ3) is 5.38. The summed E-state index contributed by atoms with van der Waals surface area (Å²) in [6.07, 6.45) is -1.00. The molecule has 1 N–H and O–H groups in total. The van der Waals surface area contributed by atoms with Crippen LogP contribution in [0.25, 0.3) is 0 Å². The molecule has 0 saturated carbocycles. The maximum Gasteiger partial charge on any atom is 0.418 e. The van der Waals surface area contributed by atoms with Crippen LogP contribution in [0.5, 0.6) is 0 Å². The van der Waals surface area contributed by atoms with E-state index in [1.54, 1.807) is 6.07 Å². The Labute approximate surface area is 154 Å². The van der Waals surface area contributed by atoms with Crippen LogP contribution in [0.2, 0.25) is 0 Å². The van der Waals surface area contributed by atoms with Crippen molar-refractivity contribution in [2.24, 2.45) is 0 Å². The fraction of sp³-hybridized carbons (Fsp3) is 0.444. The Morgan fingerprint density at radius 2 is 1.78 bits per heavy atom. The van der Waals surface area contributed by atoms with Crippen molar-refractivity contribution in [2.75, 3.05) is 37.5 Å². The SMILES string of the molecule is COC(=O)/C=C(/Nc1ccc(N2CCCCC2)cc1C(F)(F)F)C(=O)OC. The summed E-state index contributed by atoms with van der Waals surface area (Å²) in [5, 5.41) is 2.35. The van der Waals surface area contributed by atoms with Crippen LogP contribution in [0, 0.1) is 0 Å². The largest absolute Gasteiger partial charge is 0.466 e. The molecule has 1 aromatic rings. The molecule has 0 atom stereocenters. The number of piperidine rings is 1. The molecule has 2 rings (SSSR count). The predicted molar refractivity (Wildman–Crippen MR) is 93.2 cm³/mol. The van der Waals surface area contributed by atoms with E-state index in [0.717, 1.165) is 45.6 Å². The van der Waals surface area contributed by atoms with Crippen LogP contribution in [0.3, 0.4) is 0 Å². The van der Waals surface area contributed by atoms with Crippen molar-refractivity contribution in [3.8, 4) is 0 Å². The van der Waals surface area contributed by atoms with E-state index in [0.29, 0.717) is 18.8 Å². The number of benzene rings is 1. The highest BCUT2D eigenvalue weighted by Crippen LogP contribution is 2.38. The van der Waals surface area contributed by atoms with Crippen molar-refractivity contribution in [3.05, 3.63) is 35.5 Å². The summed E-state index contributed by atoms with van der Waals surface area (Å²) in [5.74, 6) is -1.89. The number of carbonyl (C=O) groups is 2. The molecule has 6 nitrogen and oxygen atoms in total. The van der Waals surface area contributed by atoms with Gasteiger partial charge in [-0.05, 0) is 37.5 Å². The zero-order chi connectivity index (χ0) is 20.0. The maximum atomic E-state index is 13.6. The highest BCUT2D eigenvalue weighted by molar-refractivity contribution is 5.99. The molecule has 1 aromatic carbocycles. The summed E-state index contributed by atoms with van der Waals surface area (Å²) in [6.45, 7) is 1.39. The third-order valence-electron chi connectivity index (χ3n) is 4.17. The van der Waals surface area contributed by atoms with Crippen molar-refractivity contribution >= 4 is 23.3 Å². The summed E-state index contributed by atoms with van der Waals surface area (Å²) in [6, 6.07) is 3.83. The molecule has 1 heterocycles. The first kappa shape index (κ1) is 20.6. The smallest absolute Gasteiger partial charge is 0.418 e. The molecule has 148 valence electrons. The number of hydrogen-bond acceptors (Lipinski definition) is 6. The molecular formula is C18H21F3N2O4. The van der Waals surface area contributed by atoms with Crippen LogP contribution in [0.15, 0.2) is 30.0 Å². The molecule has 0 spiro atoms. The summed E-state index contributed by atoms with van der Waals surface area (Å²) >= 11 is 0. The topological polar surface area (TPSA) is 67.9 Å². The van der Waals surface area contributed by atoms with Crippen LogP contribution in [-0.2, 0) is 25.2 Å². The van der Waals surface area contributed by atoms with Gasteiger partial charge in [-0.1, -0.05) is 0 Å². The second-order valence-corrected chi connectivity index (χ2v) is 5.97. The lowest BCUT2D eigenvalue weighted by atomic mass is 10.1. The molecule has 0 aromatic heterocycles. The first-order chi connectivity index (χ1) is 12.8. The normalized spacial score (nSPS) is 15.3. The molecule has 1 aliphatic heterocycles.